The number of hydrogen-bond donors (Lipinski definition) is 2. The predicted octanol–water partition coefficient (Wildman–Crippen LogP) is 3.87. The number of anilines is 1. The lowest BCUT2D eigenvalue weighted by Gasteiger charge is -2.14. The van der Waals surface area contributed by atoms with Crippen molar-refractivity contribution >= 4 is 11.7 Å². The Hall–Kier alpha value is -1.55. The number of nitrogens with zero attached hydrogens (tertiary/aromatic N) is 1. The predicted molar refractivity (Wildman–Crippen MR) is 91.9 cm³/mol. The minimum absolute atomic E-state index is 0.111. The van der Waals surface area contributed by atoms with E-state index in [0.717, 1.165) is 30.8 Å². The van der Waals surface area contributed by atoms with Crippen molar-refractivity contribution in [2.75, 3.05) is 25.5 Å². The standard InChI is InChI=1S/C13H19N3O.2C2H6/c1-10-5-3-4-6-12(10)15-13(17)14-11-7-8-16(2)9-11;2*1-2/h3-6,11H,7-9H2,1-2H3,(H2,14,15,17);2*1-2H3. The zero-order valence-corrected chi connectivity index (χ0v) is 14.4. The number of amides is 2. The monoisotopic (exact) mass is 293 g/mol. The van der Waals surface area contributed by atoms with Gasteiger partial charge in [-0.25, -0.2) is 4.79 Å². The van der Waals surface area contributed by atoms with Crippen molar-refractivity contribution < 1.29 is 4.79 Å². The fourth-order valence-electron chi connectivity index (χ4n) is 2.11. The van der Waals surface area contributed by atoms with Crippen molar-refractivity contribution in [1.82, 2.24) is 10.2 Å². The van der Waals surface area contributed by atoms with Crippen LogP contribution < -0.4 is 10.6 Å². The van der Waals surface area contributed by atoms with Gasteiger partial charge in [0.2, 0.25) is 0 Å². The molecule has 0 aliphatic carbocycles. The van der Waals surface area contributed by atoms with Crippen LogP contribution in [0.4, 0.5) is 10.5 Å². The summed E-state index contributed by atoms with van der Waals surface area (Å²) in [6.07, 6.45) is 1.03. The molecule has 1 aromatic carbocycles. The third-order valence-electron chi connectivity index (χ3n) is 3.12. The van der Waals surface area contributed by atoms with E-state index < -0.39 is 0 Å². The Labute approximate surface area is 129 Å². The Balaban J connectivity index is 0.000000921. The second-order valence-corrected chi connectivity index (χ2v) is 4.66. The molecular formula is C17H31N3O. The summed E-state index contributed by atoms with van der Waals surface area (Å²) in [7, 11) is 2.07. The van der Waals surface area contributed by atoms with Crippen molar-refractivity contribution in [3.63, 3.8) is 0 Å². The fraction of sp³-hybridized carbons (Fsp3) is 0.588. The molecule has 120 valence electrons. The molecule has 0 spiro atoms. The fourth-order valence-corrected chi connectivity index (χ4v) is 2.11. The maximum Gasteiger partial charge on any atom is 0.319 e. The summed E-state index contributed by atoms with van der Waals surface area (Å²) in [6.45, 7) is 12.0. The van der Waals surface area contributed by atoms with Gasteiger partial charge in [0, 0.05) is 18.3 Å². The molecule has 2 amide bonds. The van der Waals surface area contributed by atoms with Crippen LogP contribution in [0.15, 0.2) is 24.3 Å². The maximum atomic E-state index is 11.8. The second-order valence-electron chi connectivity index (χ2n) is 4.66. The van der Waals surface area contributed by atoms with Gasteiger partial charge in [0.15, 0.2) is 0 Å². The molecule has 0 aromatic heterocycles. The molecule has 1 aromatic rings. The number of carbonyl (C=O) groups excluding carboxylic acids is 1. The molecule has 1 aliphatic heterocycles. The Kier molecular flexibility index (Phi) is 10.3. The average molecular weight is 293 g/mol. The van der Waals surface area contributed by atoms with E-state index in [-0.39, 0.29) is 12.1 Å². The van der Waals surface area contributed by atoms with Gasteiger partial charge in [-0.1, -0.05) is 45.9 Å². The Morgan fingerprint density at radius 3 is 2.33 bits per heavy atom. The molecule has 1 atom stereocenters. The van der Waals surface area contributed by atoms with Gasteiger partial charge in [-0.3, -0.25) is 0 Å². The molecule has 1 aliphatic rings. The van der Waals surface area contributed by atoms with Crippen molar-refractivity contribution in [2.45, 2.75) is 47.1 Å². The third-order valence-corrected chi connectivity index (χ3v) is 3.12. The first-order valence-corrected chi connectivity index (χ1v) is 7.97. The minimum Gasteiger partial charge on any atom is -0.334 e. The highest BCUT2D eigenvalue weighted by molar-refractivity contribution is 5.90. The van der Waals surface area contributed by atoms with Crippen LogP contribution in [0, 0.1) is 6.92 Å². The number of benzene rings is 1. The molecule has 21 heavy (non-hydrogen) atoms. The molecule has 1 saturated heterocycles. The van der Waals surface area contributed by atoms with E-state index in [9.17, 15) is 4.79 Å². The molecule has 0 radical (unpaired) electrons. The molecular weight excluding hydrogens is 262 g/mol. The smallest absolute Gasteiger partial charge is 0.319 e. The average Bonchev–Trinajstić information content (AvgIpc) is 2.91. The quantitative estimate of drug-likeness (QED) is 0.869. The van der Waals surface area contributed by atoms with Gasteiger partial charge in [-0.05, 0) is 38.6 Å². The van der Waals surface area contributed by atoms with Crippen LogP contribution in [-0.2, 0) is 0 Å². The molecule has 2 N–H and O–H groups in total. The summed E-state index contributed by atoms with van der Waals surface area (Å²) in [6, 6.07) is 7.94. The van der Waals surface area contributed by atoms with E-state index in [1.54, 1.807) is 0 Å². The van der Waals surface area contributed by atoms with Crippen molar-refractivity contribution in [2.24, 2.45) is 0 Å². The number of nitrogens with one attached hydrogen (secondary N) is 2. The Bertz CT molecular complexity index is 407. The van der Waals surface area contributed by atoms with E-state index >= 15 is 0 Å². The first-order chi connectivity index (χ1) is 10.1. The van der Waals surface area contributed by atoms with Gasteiger partial charge in [-0.2, -0.15) is 0 Å². The summed E-state index contributed by atoms with van der Waals surface area (Å²) >= 11 is 0. The van der Waals surface area contributed by atoms with Crippen LogP contribution in [0.3, 0.4) is 0 Å². The van der Waals surface area contributed by atoms with Crippen LogP contribution in [-0.4, -0.2) is 37.1 Å². The lowest BCUT2D eigenvalue weighted by Crippen LogP contribution is -2.39. The number of urea groups is 1. The molecule has 0 bridgehead atoms. The zero-order chi connectivity index (χ0) is 16.3. The van der Waals surface area contributed by atoms with Gasteiger partial charge in [0.25, 0.3) is 0 Å². The van der Waals surface area contributed by atoms with Crippen LogP contribution in [0.25, 0.3) is 0 Å². The lowest BCUT2D eigenvalue weighted by atomic mass is 10.2. The van der Waals surface area contributed by atoms with Crippen LogP contribution in [0.5, 0.6) is 0 Å². The molecule has 1 unspecified atom stereocenters. The summed E-state index contributed by atoms with van der Waals surface area (Å²) in [4.78, 5) is 14.0. The van der Waals surface area contributed by atoms with E-state index in [1.807, 2.05) is 58.9 Å². The highest BCUT2D eigenvalue weighted by Gasteiger charge is 2.20. The molecule has 1 fully saturated rings. The number of likely N-dealkylation sites (tertiary alicyclic amines) is 1. The molecule has 4 heteroatoms. The SMILES string of the molecule is CC.CC.Cc1ccccc1NC(=O)NC1CCN(C)C1. The number of likely N-dealkylation sites (N-methyl/N-ethyl adjacent to an activating group) is 1. The van der Waals surface area contributed by atoms with Gasteiger partial charge in [0.1, 0.15) is 0 Å². The Morgan fingerprint density at radius 1 is 1.19 bits per heavy atom. The Morgan fingerprint density at radius 2 is 1.81 bits per heavy atom. The van der Waals surface area contributed by atoms with Gasteiger partial charge in [0.05, 0.1) is 0 Å². The van der Waals surface area contributed by atoms with Crippen molar-refractivity contribution in [1.29, 1.82) is 0 Å². The highest BCUT2D eigenvalue weighted by atomic mass is 16.2. The normalized spacial score (nSPS) is 17.0. The molecule has 4 nitrogen and oxygen atoms in total. The molecule has 0 saturated carbocycles. The van der Waals surface area contributed by atoms with Crippen molar-refractivity contribution in [3.05, 3.63) is 29.8 Å². The largest absolute Gasteiger partial charge is 0.334 e. The van der Waals surface area contributed by atoms with E-state index in [1.165, 1.54) is 0 Å². The number of carbonyl (C=O) groups is 1. The summed E-state index contributed by atoms with van der Waals surface area (Å²) in [5.74, 6) is 0. The number of rotatable bonds is 2. The summed E-state index contributed by atoms with van der Waals surface area (Å²) in [5.41, 5.74) is 1.95. The highest BCUT2D eigenvalue weighted by Crippen LogP contribution is 2.13. The van der Waals surface area contributed by atoms with Crippen LogP contribution >= 0.6 is 0 Å². The number of aryl methyl sites for hydroxylation is 1. The zero-order valence-electron chi connectivity index (χ0n) is 14.4. The number of hydrogen-bond acceptors (Lipinski definition) is 2. The minimum atomic E-state index is -0.111. The van der Waals surface area contributed by atoms with Gasteiger partial charge in [-0.15, -0.1) is 0 Å². The summed E-state index contributed by atoms with van der Waals surface area (Å²) < 4.78 is 0. The van der Waals surface area contributed by atoms with Crippen molar-refractivity contribution in [3.8, 4) is 0 Å². The lowest BCUT2D eigenvalue weighted by molar-refractivity contribution is 0.248. The van der Waals surface area contributed by atoms with E-state index in [2.05, 4.69) is 22.6 Å². The van der Waals surface area contributed by atoms with E-state index in [4.69, 9.17) is 0 Å². The van der Waals surface area contributed by atoms with E-state index in [0.29, 0.717) is 0 Å². The van der Waals surface area contributed by atoms with Crippen LogP contribution in [0.1, 0.15) is 39.7 Å². The molecule has 2 rings (SSSR count). The topological polar surface area (TPSA) is 44.4 Å². The first kappa shape index (κ1) is 19.4. The maximum absolute atomic E-state index is 11.8. The second kappa shape index (κ2) is 11.1. The van der Waals surface area contributed by atoms with Gasteiger partial charge < -0.3 is 15.5 Å². The van der Waals surface area contributed by atoms with Crippen LogP contribution in [0.2, 0.25) is 0 Å². The summed E-state index contributed by atoms with van der Waals surface area (Å²) in [5, 5.41) is 5.88. The van der Waals surface area contributed by atoms with Gasteiger partial charge >= 0.3 is 6.03 Å². The first-order valence-electron chi connectivity index (χ1n) is 7.97. The molecule has 1 heterocycles. The number of para-hydroxylation sites is 1. The third kappa shape index (κ3) is 7.14.